The molecule has 3 aromatic rings. The Kier molecular flexibility index (Phi) is 7.51. The molecule has 0 saturated heterocycles. The Hall–Kier alpha value is -3.84. The van der Waals surface area contributed by atoms with E-state index in [0.29, 0.717) is 16.3 Å². The number of nitrogens with zero attached hydrogens (tertiary/aromatic N) is 3. The molecule has 0 aliphatic rings. The number of hydrogen-bond acceptors (Lipinski definition) is 6. The van der Waals surface area contributed by atoms with Crippen molar-refractivity contribution in [1.29, 1.82) is 0 Å². The molecule has 3 amide bonds. The van der Waals surface area contributed by atoms with Gasteiger partial charge in [0.15, 0.2) is 11.5 Å². The number of alkyl halides is 3. The van der Waals surface area contributed by atoms with Gasteiger partial charge in [-0.2, -0.15) is 18.3 Å². The molecule has 0 bridgehead atoms. The number of carbonyl (C=O) groups is 3. The number of hydrazine groups is 1. The molecule has 35 heavy (non-hydrogen) atoms. The molecule has 0 aliphatic carbocycles. The second-order valence-electron chi connectivity index (χ2n) is 6.80. The number of amides is 3. The van der Waals surface area contributed by atoms with Gasteiger partial charge in [0.25, 0.3) is 11.8 Å². The monoisotopic (exact) mass is 530 g/mol. The highest BCUT2D eigenvalue weighted by Crippen LogP contribution is 2.31. The van der Waals surface area contributed by atoms with Crippen LogP contribution in [0, 0.1) is 6.92 Å². The number of halogens is 5. The Morgan fingerprint density at radius 3 is 2.43 bits per heavy atom. The highest BCUT2D eigenvalue weighted by Gasteiger charge is 2.37. The Morgan fingerprint density at radius 2 is 1.80 bits per heavy atom. The van der Waals surface area contributed by atoms with Gasteiger partial charge in [0, 0.05) is 17.3 Å². The van der Waals surface area contributed by atoms with Crippen LogP contribution in [-0.2, 0) is 10.9 Å². The van der Waals surface area contributed by atoms with Crippen molar-refractivity contribution < 1.29 is 32.3 Å². The molecule has 0 radical (unpaired) electrons. The number of anilines is 1. The molecule has 0 spiro atoms. The fraction of sp³-hybridized carbons (Fsp3) is 0.150. The zero-order chi connectivity index (χ0) is 25.9. The second kappa shape index (κ2) is 10.2. The van der Waals surface area contributed by atoms with Gasteiger partial charge in [-0.3, -0.25) is 15.0 Å². The lowest BCUT2D eigenvalue weighted by Crippen LogP contribution is -2.41. The van der Waals surface area contributed by atoms with Crippen molar-refractivity contribution in [2.24, 2.45) is 0 Å². The van der Waals surface area contributed by atoms with Crippen LogP contribution in [0.15, 0.2) is 36.5 Å². The third-order valence-electron chi connectivity index (χ3n) is 4.42. The van der Waals surface area contributed by atoms with Crippen molar-refractivity contribution in [3.63, 3.8) is 0 Å². The topological polar surface area (TPSA) is 127 Å². The molecule has 2 heterocycles. The quantitative estimate of drug-likeness (QED) is 0.434. The molecule has 3 rings (SSSR count). The average molecular weight is 531 g/mol. The summed E-state index contributed by atoms with van der Waals surface area (Å²) in [5.41, 5.74) is 2.11. The zero-order valence-electron chi connectivity index (χ0n) is 17.8. The van der Waals surface area contributed by atoms with E-state index in [1.165, 1.54) is 37.4 Å². The van der Waals surface area contributed by atoms with Crippen LogP contribution in [0.5, 0.6) is 0 Å². The molecule has 0 saturated carbocycles. The number of ether oxygens (including phenoxy) is 1. The molecule has 10 nitrogen and oxygen atoms in total. The summed E-state index contributed by atoms with van der Waals surface area (Å²) in [6, 6.07) is 5.93. The number of benzene rings is 1. The maximum Gasteiger partial charge on any atom is 0.435 e. The van der Waals surface area contributed by atoms with E-state index in [0.717, 1.165) is 7.11 Å². The van der Waals surface area contributed by atoms with E-state index in [4.69, 9.17) is 23.2 Å². The fourth-order valence-corrected chi connectivity index (χ4v) is 3.34. The van der Waals surface area contributed by atoms with Gasteiger partial charge in [-0.25, -0.2) is 19.9 Å². The van der Waals surface area contributed by atoms with Crippen LogP contribution < -0.4 is 16.2 Å². The maximum atomic E-state index is 13.4. The first kappa shape index (κ1) is 25.8. The third kappa shape index (κ3) is 5.81. The summed E-state index contributed by atoms with van der Waals surface area (Å²) >= 11 is 12.1. The molecular formula is C20H15Cl2F3N6O4. The average Bonchev–Trinajstić information content (AvgIpc) is 3.25. The Morgan fingerprint density at radius 1 is 1.09 bits per heavy atom. The molecule has 2 aromatic heterocycles. The largest absolute Gasteiger partial charge is 0.452 e. The summed E-state index contributed by atoms with van der Waals surface area (Å²) in [7, 11) is 1.07. The van der Waals surface area contributed by atoms with E-state index >= 15 is 0 Å². The highest BCUT2D eigenvalue weighted by molar-refractivity contribution is 6.32. The predicted octanol–water partition coefficient (Wildman–Crippen LogP) is 4.15. The smallest absolute Gasteiger partial charge is 0.435 e. The van der Waals surface area contributed by atoms with E-state index in [1.54, 1.807) is 0 Å². The van der Waals surface area contributed by atoms with E-state index in [-0.39, 0.29) is 27.1 Å². The van der Waals surface area contributed by atoms with Crippen molar-refractivity contribution in [2.75, 3.05) is 12.4 Å². The standard InChI is InChI=1S/C20H15Cl2F3N6O4/c1-9-6-10(21)7-11(17(32)28-29-19(34)35-2)15(9)27-18(33)13-8-14(20(23,24)25)30-31(13)16-12(22)4-3-5-26-16/h3-8H,1-2H3,(H,27,33)(H,28,32)(H,29,34). The molecule has 3 N–H and O–H groups in total. The van der Waals surface area contributed by atoms with Gasteiger partial charge < -0.3 is 10.1 Å². The molecule has 1 aromatic carbocycles. The van der Waals surface area contributed by atoms with Gasteiger partial charge in [0.05, 0.1) is 23.4 Å². The lowest BCUT2D eigenvalue weighted by Gasteiger charge is -2.15. The van der Waals surface area contributed by atoms with E-state index in [9.17, 15) is 27.6 Å². The van der Waals surface area contributed by atoms with Gasteiger partial charge in [0.1, 0.15) is 5.69 Å². The Balaban J connectivity index is 2.04. The van der Waals surface area contributed by atoms with Gasteiger partial charge in [0.2, 0.25) is 0 Å². The SMILES string of the molecule is COC(=O)NNC(=O)c1cc(Cl)cc(C)c1NC(=O)c1cc(C(F)(F)F)nn1-c1ncccc1Cl. The first-order valence-electron chi connectivity index (χ1n) is 9.46. The number of nitrogens with one attached hydrogen (secondary N) is 3. The lowest BCUT2D eigenvalue weighted by molar-refractivity contribution is -0.141. The number of hydrogen-bond donors (Lipinski definition) is 3. The minimum atomic E-state index is -4.87. The number of rotatable bonds is 4. The minimum absolute atomic E-state index is 0.0602. The van der Waals surface area contributed by atoms with Crippen LogP contribution in [0.25, 0.3) is 5.82 Å². The van der Waals surface area contributed by atoms with Crippen molar-refractivity contribution in [3.05, 3.63) is 69.1 Å². The van der Waals surface area contributed by atoms with Crippen LogP contribution in [-0.4, -0.2) is 39.8 Å². The van der Waals surface area contributed by atoms with E-state index in [1.807, 2.05) is 5.43 Å². The summed E-state index contributed by atoms with van der Waals surface area (Å²) in [4.78, 5) is 40.9. The summed E-state index contributed by atoms with van der Waals surface area (Å²) in [6.07, 6.45) is -4.58. The normalized spacial score (nSPS) is 11.1. The number of pyridine rings is 1. The van der Waals surface area contributed by atoms with Crippen LogP contribution in [0.4, 0.5) is 23.7 Å². The minimum Gasteiger partial charge on any atom is -0.452 e. The van der Waals surface area contributed by atoms with Crippen molar-refractivity contribution in [1.82, 2.24) is 25.6 Å². The summed E-state index contributed by atoms with van der Waals surface area (Å²) < 4.78 is 45.1. The lowest BCUT2D eigenvalue weighted by atomic mass is 10.1. The van der Waals surface area contributed by atoms with Crippen LogP contribution in [0.3, 0.4) is 0 Å². The van der Waals surface area contributed by atoms with Gasteiger partial charge in [-0.1, -0.05) is 23.2 Å². The van der Waals surface area contributed by atoms with E-state index < -0.39 is 35.5 Å². The highest BCUT2D eigenvalue weighted by atomic mass is 35.5. The summed E-state index contributed by atoms with van der Waals surface area (Å²) in [5.74, 6) is -2.17. The van der Waals surface area contributed by atoms with Crippen LogP contribution in [0.1, 0.15) is 32.1 Å². The van der Waals surface area contributed by atoms with Crippen LogP contribution >= 0.6 is 23.2 Å². The molecule has 0 aliphatic heterocycles. The molecule has 15 heteroatoms. The van der Waals surface area contributed by atoms with Crippen molar-refractivity contribution in [3.8, 4) is 5.82 Å². The molecule has 0 fully saturated rings. The number of aromatic nitrogens is 3. The summed E-state index contributed by atoms with van der Waals surface area (Å²) in [5, 5.41) is 5.91. The van der Waals surface area contributed by atoms with Crippen LogP contribution in [0.2, 0.25) is 10.0 Å². The zero-order valence-corrected chi connectivity index (χ0v) is 19.3. The Bertz CT molecular complexity index is 1310. The van der Waals surface area contributed by atoms with Gasteiger partial charge in [-0.15, -0.1) is 0 Å². The number of carbonyl (C=O) groups excluding carboxylic acids is 3. The van der Waals surface area contributed by atoms with Crippen molar-refractivity contribution in [2.45, 2.75) is 13.1 Å². The molecule has 0 atom stereocenters. The molecular weight excluding hydrogens is 516 g/mol. The van der Waals surface area contributed by atoms with Crippen molar-refractivity contribution >= 4 is 46.8 Å². The maximum absolute atomic E-state index is 13.4. The number of aryl methyl sites for hydroxylation is 1. The second-order valence-corrected chi connectivity index (χ2v) is 7.65. The third-order valence-corrected chi connectivity index (χ3v) is 4.93. The predicted molar refractivity (Wildman–Crippen MR) is 119 cm³/mol. The number of methoxy groups -OCH3 is 1. The van der Waals surface area contributed by atoms with E-state index in [2.05, 4.69) is 25.6 Å². The van der Waals surface area contributed by atoms with Gasteiger partial charge >= 0.3 is 12.3 Å². The Labute approximate surface area is 205 Å². The molecule has 0 unspecified atom stereocenters. The first-order chi connectivity index (χ1) is 16.4. The fourth-order valence-electron chi connectivity index (χ4n) is 2.87. The first-order valence-corrected chi connectivity index (χ1v) is 10.2. The molecule has 184 valence electrons. The summed E-state index contributed by atoms with van der Waals surface area (Å²) in [6.45, 7) is 1.50. The van der Waals surface area contributed by atoms with Gasteiger partial charge in [-0.05, 0) is 36.8 Å².